The van der Waals surface area contributed by atoms with Crippen molar-refractivity contribution in [2.75, 3.05) is 23.7 Å². The van der Waals surface area contributed by atoms with Crippen molar-refractivity contribution in [3.8, 4) is 0 Å². The summed E-state index contributed by atoms with van der Waals surface area (Å²) < 4.78 is 38.2. The first-order chi connectivity index (χ1) is 11.8. The molecule has 2 rings (SSSR count). The van der Waals surface area contributed by atoms with Gasteiger partial charge in [-0.05, 0) is 36.8 Å². The molecule has 0 fully saturated rings. The van der Waals surface area contributed by atoms with Gasteiger partial charge in [0.15, 0.2) is 0 Å². The number of halogens is 1. The van der Waals surface area contributed by atoms with Gasteiger partial charge in [-0.1, -0.05) is 30.3 Å². The van der Waals surface area contributed by atoms with Crippen LogP contribution < -0.4 is 4.31 Å². The molecule has 0 saturated heterocycles. The molecule has 0 spiro atoms. The van der Waals surface area contributed by atoms with E-state index in [1.165, 1.54) is 24.3 Å². The minimum atomic E-state index is -3.68. The zero-order valence-electron chi connectivity index (χ0n) is 14.2. The second-order valence-electron chi connectivity index (χ2n) is 5.64. The van der Waals surface area contributed by atoms with Gasteiger partial charge in [-0.2, -0.15) is 0 Å². The summed E-state index contributed by atoms with van der Waals surface area (Å²) in [6.07, 6.45) is 1.02. The van der Waals surface area contributed by atoms with Crippen molar-refractivity contribution in [3.05, 3.63) is 66.0 Å². The lowest BCUT2D eigenvalue weighted by Crippen LogP contribution is -2.42. The summed E-state index contributed by atoms with van der Waals surface area (Å²) in [4.78, 5) is 14.2. The molecular weight excluding hydrogens is 343 g/mol. The first-order valence-electron chi connectivity index (χ1n) is 7.86. The Labute approximate surface area is 147 Å². The number of amides is 1. The van der Waals surface area contributed by atoms with Crippen molar-refractivity contribution >= 4 is 21.6 Å². The van der Waals surface area contributed by atoms with Crippen LogP contribution in [0.1, 0.15) is 12.5 Å². The van der Waals surface area contributed by atoms with E-state index in [1.807, 2.05) is 37.3 Å². The number of hydrogen-bond acceptors (Lipinski definition) is 3. The van der Waals surface area contributed by atoms with Crippen molar-refractivity contribution in [2.45, 2.75) is 13.5 Å². The van der Waals surface area contributed by atoms with E-state index < -0.39 is 15.8 Å². The lowest BCUT2D eigenvalue weighted by Gasteiger charge is -2.27. The quantitative estimate of drug-likeness (QED) is 0.759. The van der Waals surface area contributed by atoms with Crippen LogP contribution in [-0.2, 0) is 21.4 Å². The SMILES string of the molecule is CCN(Cc1ccccc1)C(=O)CN(c1ccc(F)cc1)S(C)(=O)=O. The molecule has 0 aromatic heterocycles. The van der Waals surface area contributed by atoms with Gasteiger partial charge < -0.3 is 4.90 Å². The van der Waals surface area contributed by atoms with Crippen molar-refractivity contribution in [2.24, 2.45) is 0 Å². The molecule has 0 N–H and O–H groups in total. The van der Waals surface area contributed by atoms with E-state index in [9.17, 15) is 17.6 Å². The van der Waals surface area contributed by atoms with Crippen LogP contribution in [-0.4, -0.2) is 38.6 Å². The number of nitrogens with zero attached hydrogens (tertiary/aromatic N) is 2. The van der Waals surface area contributed by atoms with Gasteiger partial charge in [-0.15, -0.1) is 0 Å². The van der Waals surface area contributed by atoms with Crippen LogP contribution in [0.2, 0.25) is 0 Å². The van der Waals surface area contributed by atoms with Gasteiger partial charge in [0.2, 0.25) is 15.9 Å². The number of carbonyl (C=O) groups excluding carboxylic acids is 1. The van der Waals surface area contributed by atoms with E-state index in [1.54, 1.807) is 4.90 Å². The van der Waals surface area contributed by atoms with Gasteiger partial charge in [0, 0.05) is 13.1 Å². The summed E-state index contributed by atoms with van der Waals surface area (Å²) in [5, 5.41) is 0. The number of sulfonamides is 1. The molecule has 0 heterocycles. The molecule has 134 valence electrons. The fourth-order valence-electron chi connectivity index (χ4n) is 2.41. The minimum absolute atomic E-state index is 0.257. The van der Waals surface area contributed by atoms with Gasteiger partial charge in [0.25, 0.3) is 0 Å². The lowest BCUT2D eigenvalue weighted by atomic mass is 10.2. The monoisotopic (exact) mass is 364 g/mol. The summed E-state index contributed by atoms with van der Waals surface area (Å²) in [5.41, 5.74) is 1.22. The van der Waals surface area contributed by atoms with E-state index in [0.717, 1.165) is 16.1 Å². The normalized spacial score (nSPS) is 11.2. The number of likely N-dealkylation sites (N-methyl/N-ethyl adjacent to an activating group) is 1. The molecule has 25 heavy (non-hydrogen) atoms. The van der Waals surface area contributed by atoms with Crippen molar-refractivity contribution in [1.82, 2.24) is 4.90 Å². The van der Waals surface area contributed by atoms with Crippen LogP contribution in [0.5, 0.6) is 0 Å². The smallest absolute Gasteiger partial charge is 0.243 e. The van der Waals surface area contributed by atoms with E-state index in [4.69, 9.17) is 0 Å². The largest absolute Gasteiger partial charge is 0.337 e. The maximum atomic E-state index is 13.1. The van der Waals surface area contributed by atoms with Crippen LogP contribution in [0.15, 0.2) is 54.6 Å². The summed E-state index contributed by atoms with van der Waals surface area (Å²) in [7, 11) is -3.68. The molecule has 0 radical (unpaired) electrons. The molecule has 0 aliphatic heterocycles. The summed E-state index contributed by atoms with van der Waals surface area (Å²) in [6, 6.07) is 14.5. The first-order valence-corrected chi connectivity index (χ1v) is 9.71. The van der Waals surface area contributed by atoms with Crippen molar-refractivity contribution in [3.63, 3.8) is 0 Å². The average Bonchev–Trinajstić information content (AvgIpc) is 2.58. The predicted octanol–water partition coefficient (Wildman–Crippen LogP) is 2.64. The fourth-order valence-corrected chi connectivity index (χ4v) is 3.26. The molecule has 7 heteroatoms. The summed E-state index contributed by atoms with van der Waals surface area (Å²) >= 11 is 0. The van der Waals surface area contributed by atoms with E-state index in [2.05, 4.69) is 0 Å². The Bertz CT molecular complexity index is 808. The zero-order valence-corrected chi connectivity index (χ0v) is 15.0. The molecule has 0 unspecified atom stereocenters. The molecule has 0 aliphatic rings. The number of rotatable bonds is 7. The Balaban J connectivity index is 2.19. The highest BCUT2D eigenvalue weighted by Gasteiger charge is 2.23. The Morgan fingerprint density at radius 3 is 2.16 bits per heavy atom. The van der Waals surface area contributed by atoms with Gasteiger partial charge >= 0.3 is 0 Å². The van der Waals surface area contributed by atoms with E-state index >= 15 is 0 Å². The Morgan fingerprint density at radius 1 is 1.04 bits per heavy atom. The van der Waals surface area contributed by atoms with Crippen molar-refractivity contribution < 1.29 is 17.6 Å². The van der Waals surface area contributed by atoms with Crippen LogP contribution >= 0.6 is 0 Å². The second-order valence-corrected chi connectivity index (χ2v) is 7.55. The van der Waals surface area contributed by atoms with Crippen LogP contribution in [0, 0.1) is 5.82 Å². The minimum Gasteiger partial charge on any atom is -0.337 e. The highest BCUT2D eigenvalue weighted by molar-refractivity contribution is 7.92. The molecule has 0 bridgehead atoms. The maximum Gasteiger partial charge on any atom is 0.243 e. The summed E-state index contributed by atoms with van der Waals surface area (Å²) in [6.45, 7) is 2.36. The van der Waals surface area contributed by atoms with Gasteiger partial charge in [0.05, 0.1) is 11.9 Å². The Hall–Kier alpha value is -2.41. The lowest BCUT2D eigenvalue weighted by molar-refractivity contribution is -0.129. The van der Waals surface area contributed by atoms with Crippen LogP contribution in [0.25, 0.3) is 0 Å². The second kappa shape index (κ2) is 8.11. The predicted molar refractivity (Wildman–Crippen MR) is 96.1 cm³/mol. The number of carbonyl (C=O) groups is 1. The molecule has 2 aromatic carbocycles. The highest BCUT2D eigenvalue weighted by atomic mass is 32.2. The third-order valence-corrected chi connectivity index (χ3v) is 4.89. The number of benzene rings is 2. The zero-order chi connectivity index (χ0) is 18.4. The number of hydrogen-bond donors (Lipinski definition) is 0. The summed E-state index contributed by atoms with van der Waals surface area (Å²) in [5.74, 6) is -0.788. The number of anilines is 1. The molecule has 0 saturated carbocycles. The average molecular weight is 364 g/mol. The molecule has 0 atom stereocenters. The van der Waals surface area contributed by atoms with Gasteiger partial charge in [-0.25, -0.2) is 12.8 Å². The van der Waals surface area contributed by atoms with Crippen LogP contribution in [0.3, 0.4) is 0 Å². The van der Waals surface area contributed by atoms with Crippen LogP contribution in [0.4, 0.5) is 10.1 Å². The topological polar surface area (TPSA) is 57.7 Å². The van der Waals surface area contributed by atoms with Gasteiger partial charge in [-0.3, -0.25) is 9.10 Å². The van der Waals surface area contributed by atoms with Crippen molar-refractivity contribution in [1.29, 1.82) is 0 Å². The maximum absolute atomic E-state index is 13.1. The third-order valence-electron chi connectivity index (χ3n) is 3.74. The van der Waals surface area contributed by atoms with E-state index in [-0.39, 0.29) is 18.1 Å². The molecule has 0 aliphatic carbocycles. The molecule has 1 amide bonds. The van der Waals surface area contributed by atoms with E-state index in [0.29, 0.717) is 13.1 Å². The third kappa shape index (κ3) is 5.29. The Kier molecular flexibility index (Phi) is 6.14. The molecule has 2 aromatic rings. The highest BCUT2D eigenvalue weighted by Crippen LogP contribution is 2.18. The molecule has 5 nitrogen and oxygen atoms in total. The fraction of sp³-hybridized carbons (Fsp3) is 0.278. The Morgan fingerprint density at radius 2 is 1.64 bits per heavy atom. The standard InChI is InChI=1S/C18H21FN2O3S/c1-3-20(13-15-7-5-4-6-8-15)18(22)14-21(25(2,23)24)17-11-9-16(19)10-12-17/h4-12H,3,13-14H2,1-2H3. The molecular formula is C18H21FN2O3S. The van der Waals surface area contributed by atoms with Gasteiger partial charge in [0.1, 0.15) is 12.4 Å². The first kappa shape index (κ1) is 18.9.